The van der Waals surface area contributed by atoms with Crippen LogP contribution in [-0.2, 0) is 0 Å². The molecule has 0 amide bonds. The molecule has 4 atom stereocenters. The summed E-state index contributed by atoms with van der Waals surface area (Å²) in [6.07, 6.45) is -3.48. The zero-order chi connectivity index (χ0) is 9.72. The van der Waals surface area contributed by atoms with Crippen molar-refractivity contribution in [3.05, 3.63) is 0 Å². The first-order chi connectivity index (χ1) is 5.54. The first kappa shape index (κ1) is 12.8. The van der Waals surface area contributed by atoms with Gasteiger partial charge in [0.05, 0.1) is 23.6 Å². The second kappa shape index (κ2) is 6.28. The van der Waals surface area contributed by atoms with E-state index >= 15 is 0 Å². The monoisotopic (exact) mass is 306 g/mol. The van der Waals surface area contributed by atoms with Gasteiger partial charge < -0.3 is 20.4 Å². The van der Waals surface area contributed by atoms with Crippen molar-refractivity contribution in [2.24, 2.45) is 0 Å². The molecule has 0 aromatic rings. The maximum absolute atomic E-state index is 9.25. The number of rotatable bonds is 5. The van der Waals surface area contributed by atoms with E-state index in [1.165, 1.54) is 0 Å². The molecule has 0 rings (SSSR count). The largest absolute Gasteiger partial charge is 0.395 e. The quantitative estimate of drug-likeness (QED) is 0.502. The van der Waals surface area contributed by atoms with Crippen LogP contribution >= 0.6 is 31.9 Å². The normalized spacial score (nSPS) is 21.5. The Balaban J connectivity index is 3.99. The number of aliphatic hydroxyl groups is 4. The Morgan fingerprint density at radius 3 is 1.92 bits per heavy atom. The van der Waals surface area contributed by atoms with Gasteiger partial charge >= 0.3 is 0 Å². The molecule has 0 spiro atoms. The highest BCUT2D eigenvalue weighted by atomic mass is 79.9. The lowest BCUT2D eigenvalue weighted by atomic mass is 10.1. The Morgan fingerprint density at radius 2 is 1.58 bits per heavy atom. The SMILES string of the molecule is OC[C@H](Br)[C@@H](O)[C@H](O)[C@@H](O)CBr. The third-order valence-corrected chi connectivity index (χ3v) is 2.94. The van der Waals surface area contributed by atoms with Crippen molar-refractivity contribution in [1.82, 2.24) is 0 Å². The lowest BCUT2D eigenvalue weighted by Crippen LogP contribution is -2.44. The van der Waals surface area contributed by atoms with E-state index in [1.54, 1.807) is 0 Å². The van der Waals surface area contributed by atoms with Crippen LogP contribution in [0.2, 0.25) is 0 Å². The van der Waals surface area contributed by atoms with Gasteiger partial charge in [-0.15, -0.1) is 0 Å². The lowest BCUT2D eigenvalue weighted by Gasteiger charge is -2.24. The van der Waals surface area contributed by atoms with Crippen LogP contribution in [0.4, 0.5) is 0 Å². The van der Waals surface area contributed by atoms with Crippen LogP contribution in [0.25, 0.3) is 0 Å². The van der Waals surface area contributed by atoms with Crippen LogP contribution in [0.3, 0.4) is 0 Å². The van der Waals surface area contributed by atoms with E-state index in [4.69, 9.17) is 10.2 Å². The molecule has 0 aliphatic carbocycles. The molecule has 4 nitrogen and oxygen atoms in total. The highest BCUT2D eigenvalue weighted by Crippen LogP contribution is 2.12. The van der Waals surface area contributed by atoms with Crippen molar-refractivity contribution in [2.45, 2.75) is 23.1 Å². The Bertz CT molecular complexity index is 110. The van der Waals surface area contributed by atoms with E-state index in [-0.39, 0.29) is 11.9 Å². The van der Waals surface area contributed by atoms with Crippen LogP contribution in [0, 0.1) is 0 Å². The molecule has 0 aromatic carbocycles. The standard InChI is InChI=1S/C6H12Br2O4/c7-1-4(10)6(12)5(11)3(8)2-9/h3-6,9-12H,1-2H2/t3-,4-,5+,6+/m0/s1. The minimum absolute atomic E-state index is 0.177. The fourth-order valence-electron chi connectivity index (χ4n) is 0.641. The van der Waals surface area contributed by atoms with Crippen LogP contribution < -0.4 is 0 Å². The molecule has 0 saturated heterocycles. The van der Waals surface area contributed by atoms with Gasteiger partial charge in [0.25, 0.3) is 0 Å². The Hall–Kier alpha value is 0.800. The number of hydrogen-bond donors (Lipinski definition) is 4. The summed E-state index contributed by atoms with van der Waals surface area (Å²) in [4.78, 5) is -0.624. The molecular weight excluding hydrogens is 296 g/mol. The van der Waals surface area contributed by atoms with Gasteiger partial charge in [-0.2, -0.15) is 0 Å². The maximum atomic E-state index is 9.25. The molecule has 0 unspecified atom stereocenters. The zero-order valence-electron chi connectivity index (χ0n) is 6.27. The van der Waals surface area contributed by atoms with Crippen molar-refractivity contribution in [3.63, 3.8) is 0 Å². The summed E-state index contributed by atoms with van der Waals surface area (Å²) in [6, 6.07) is 0. The summed E-state index contributed by atoms with van der Waals surface area (Å²) < 4.78 is 0. The van der Waals surface area contributed by atoms with Crippen LogP contribution in [0.15, 0.2) is 0 Å². The molecule has 0 heterocycles. The summed E-state index contributed by atoms with van der Waals surface area (Å²) in [7, 11) is 0. The molecule has 0 aromatic heterocycles. The first-order valence-electron chi connectivity index (χ1n) is 3.39. The molecule has 74 valence electrons. The van der Waals surface area contributed by atoms with Gasteiger partial charge in [-0.3, -0.25) is 0 Å². The molecule has 4 N–H and O–H groups in total. The van der Waals surface area contributed by atoms with Gasteiger partial charge in [0.15, 0.2) is 0 Å². The van der Waals surface area contributed by atoms with Crippen LogP contribution in [0.1, 0.15) is 0 Å². The molecule has 0 fully saturated rings. The van der Waals surface area contributed by atoms with Gasteiger partial charge in [-0.05, 0) is 0 Å². The van der Waals surface area contributed by atoms with Crippen LogP contribution in [-0.4, -0.2) is 55.5 Å². The highest BCUT2D eigenvalue weighted by molar-refractivity contribution is 9.09. The average Bonchev–Trinajstić information content (AvgIpc) is 2.12. The predicted octanol–water partition coefficient (Wildman–Crippen LogP) is -0.780. The summed E-state index contributed by atoms with van der Waals surface area (Å²) in [5.74, 6) is 0. The molecule has 0 aliphatic heterocycles. The van der Waals surface area contributed by atoms with E-state index in [0.29, 0.717) is 0 Å². The van der Waals surface area contributed by atoms with Gasteiger partial charge in [0, 0.05) is 5.33 Å². The molecule has 6 heteroatoms. The topological polar surface area (TPSA) is 80.9 Å². The summed E-state index contributed by atoms with van der Waals surface area (Å²) in [5.41, 5.74) is 0. The average molecular weight is 308 g/mol. The minimum atomic E-state index is -1.26. The Kier molecular flexibility index (Phi) is 6.70. The van der Waals surface area contributed by atoms with Crippen molar-refractivity contribution in [1.29, 1.82) is 0 Å². The van der Waals surface area contributed by atoms with Gasteiger partial charge in [-0.1, -0.05) is 31.9 Å². The fourth-order valence-corrected chi connectivity index (χ4v) is 1.34. The minimum Gasteiger partial charge on any atom is -0.395 e. The number of aliphatic hydroxyl groups excluding tert-OH is 4. The van der Waals surface area contributed by atoms with Gasteiger partial charge in [0.2, 0.25) is 0 Å². The van der Waals surface area contributed by atoms with Gasteiger partial charge in [0.1, 0.15) is 6.10 Å². The fraction of sp³-hybridized carbons (Fsp3) is 1.00. The maximum Gasteiger partial charge on any atom is 0.108 e. The summed E-state index contributed by atoms with van der Waals surface area (Å²) in [6.45, 7) is -0.298. The highest BCUT2D eigenvalue weighted by Gasteiger charge is 2.28. The third kappa shape index (κ3) is 3.68. The van der Waals surface area contributed by atoms with E-state index in [2.05, 4.69) is 31.9 Å². The molecule has 0 radical (unpaired) electrons. The Labute approximate surface area is 87.5 Å². The molecule has 0 bridgehead atoms. The zero-order valence-corrected chi connectivity index (χ0v) is 9.44. The molecule has 12 heavy (non-hydrogen) atoms. The van der Waals surface area contributed by atoms with E-state index < -0.39 is 23.1 Å². The second-order valence-corrected chi connectivity index (χ2v) is 4.23. The predicted molar refractivity (Wildman–Crippen MR) is 51.6 cm³/mol. The third-order valence-electron chi connectivity index (χ3n) is 1.45. The molecular formula is C6H12Br2O4. The van der Waals surface area contributed by atoms with Crippen molar-refractivity contribution in [2.75, 3.05) is 11.9 Å². The van der Waals surface area contributed by atoms with Crippen LogP contribution in [0.5, 0.6) is 0 Å². The van der Waals surface area contributed by atoms with E-state index in [1.807, 2.05) is 0 Å². The first-order valence-corrected chi connectivity index (χ1v) is 5.43. The van der Waals surface area contributed by atoms with Crippen molar-refractivity contribution in [3.8, 4) is 0 Å². The summed E-state index contributed by atoms with van der Waals surface area (Å²) >= 11 is 5.91. The van der Waals surface area contributed by atoms with Crippen molar-refractivity contribution < 1.29 is 20.4 Å². The van der Waals surface area contributed by atoms with Gasteiger partial charge in [-0.25, -0.2) is 0 Å². The number of hydrogen-bond acceptors (Lipinski definition) is 4. The number of halogens is 2. The van der Waals surface area contributed by atoms with E-state index in [9.17, 15) is 10.2 Å². The van der Waals surface area contributed by atoms with E-state index in [0.717, 1.165) is 0 Å². The smallest absolute Gasteiger partial charge is 0.108 e. The second-order valence-electron chi connectivity index (χ2n) is 2.40. The van der Waals surface area contributed by atoms with Crippen molar-refractivity contribution >= 4 is 31.9 Å². The molecule has 0 saturated carbocycles. The Morgan fingerprint density at radius 1 is 1.08 bits per heavy atom. The lowest BCUT2D eigenvalue weighted by molar-refractivity contribution is -0.0528. The number of alkyl halides is 2. The summed E-state index contributed by atoms with van der Waals surface area (Å²) in [5, 5.41) is 36.3. The molecule has 0 aliphatic rings.